The predicted molar refractivity (Wildman–Crippen MR) is 92.0 cm³/mol. The molecule has 3 aromatic rings. The Bertz CT molecular complexity index is 852. The molecular weight excluding hydrogens is 337 g/mol. The lowest BCUT2D eigenvalue weighted by Crippen LogP contribution is -2.27. The van der Waals surface area contributed by atoms with E-state index in [2.05, 4.69) is 20.6 Å². The van der Waals surface area contributed by atoms with Crippen LogP contribution in [0.15, 0.2) is 55.0 Å². The second kappa shape index (κ2) is 8.19. The van der Waals surface area contributed by atoms with Crippen LogP contribution < -0.4 is 10.1 Å². The number of rotatable bonds is 7. The molecule has 1 amide bonds. The van der Waals surface area contributed by atoms with Gasteiger partial charge in [0.25, 0.3) is 5.91 Å². The zero-order valence-electron chi connectivity index (χ0n) is 14.2. The van der Waals surface area contributed by atoms with Crippen LogP contribution in [0, 0.1) is 5.82 Å². The largest absolute Gasteiger partial charge is 0.492 e. The Morgan fingerprint density at radius 1 is 1.23 bits per heavy atom. The highest BCUT2D eigenvalue weighted by Crippen LogP contribution is 2.12. The van der Waals surface area contributed by atoms with Gasteiger partial charge in [-0.05, 0) is 48.9 Å². The van der Waals surface area contributed by atoms with Crippen molar-refractivity contribution in [3.63, 3.8) is 0 Å². The Kier molecular flexibility index (Phi) is 5.52. The van der Waals surface area contributed by atoms with Crippen molar-refractivity contribution in [2.24, 2.45) is 0 Å². The van der Waals surface area contributed by atoms with Crippen LogP contribution in [0.25, 0.3) is 0 Å². The second-order valence-electron chi connectivity index (χ2n) is 5.64. The van der Waals surface area contributed by atoms with Crippen LogP contribution in [0.2, 0.25) is 0 Å². The minimum Gasteiger partial charge on any atom is -0.492 e. The third-order valence-corrected chi connectivity index (χ3v) is 3.73. The number of aromatic nitrogens is 4. The average molecular weight is 355 g/mol. The summed E-state index contributed by atoms with van der Waals surface area (Å²) >= 11 is 0. The van der Waals surface area contributed by atoms with Crippen molar-refractivity contribution in [3.05, 3.63) is 72.1 Å². The van der Waals surface area contributed by atoms with E-state index in [-0.39, 0.29) is 23.5 Å². The number of hydrogen-bond acceptors (Lipinski definition) is 5. The van der Waals surface area contributed by atoms with Crippen LogP contribution in [0.5, 0.6) is 5.75 Å². The fraction of sp³-hybridized carbons (Fsp3) is 0.222. The zero-order chi connectivity index (χ0) is 18.4. The van der Waals surface area contributed by atoms with Gasteiger partial charge in [0.2, 0.25) is 0 Å². The first kappa shape index (κ1) is 17.5. The molecule has 0 aliphatic carbocycles. The highest BCUT2D eigenvalue weighted by molar-refractivity contribution is 5.92. The van der Waals surface area contributed by atoms with Crippen LogP contribution in [0.3, 0.4) is 0 Å². The summed E-state index contributed by atoms with van der Waals surface area (Å²) in [5.74, 6) is -0.0547. The molecule has 1 unspecified atom stereocenters. The summed E-state index contributed by atoms with van der Waals surface area (Å²) < 4.78 is 19.9. The monoisotopic (exact) mass is 355 g/mol. The number of nitrogens with zero attached hydrogens (tertiary/aromatic N) is 4. The number of carbonyl (C=O) groups is 1. The van der Waals surface area contributed by atoms with Crippen molar-refractivity contribution in [2.75, 3.05) is 6.61 Å². The van der Waals surface area contributed by atoms with Crippen molar-refractivity contribution in [1.82, 2.24) is 25.3 Å². The Morgan fingerprint density at radius 3 is 2.69 bits per heavy atom. The summed E-state index contributed by atoms with van der Waals surface area (Å²) in [6, 6.07) is 9.28. The quantitative estimate of drug-likeness (QED) is 0.704. The molecule has 1 atom stereocenters. The summed E-state index contributed by atoms with van der Waals surface area (Å²) in [5.41, 5.74) is 1.18. The van der Waals surface area contributed by atoms with Gasteiger partial charge in [-0.3, -0.25) is 9.78 Å². The van der Waals surface area contributed by atoms with Gasteiger partial charge in [-0.15, -0.1) is 5.10 Å². The topological polar surface area (TPSA) is 81.9 Å². The van der Waals surface area contributed by atoms with E-state index < -0.39 is 0 Å². The molecule has 0 fully saturated rings. The number of hydrogen-bond donors (Lipinski definition) is 1. The molecule has 1 N–H and O–H groups in total. The van der Waals surface area contributed by atoms with Gasteiger partial charge >= 0.3 is 0 Å². The van der Waals surface area contributed by atoms with E-state index in [4.69, 9.17) is 4.74 Å². The summed E-state index contributed by atoms with van der Waals surface area (Å²) in [6.45, 7) is 2.62. The smallest absolute Gasteiger partial charge is 0.273 e. The average Bonchev–Trinajstić information content (AvgIpc) is 3.13. The first-order valence-corrected chi connectivity index (χ1v) is 8.11. The van der Waals surface area contributed by atoms with Gasteiger partial charge in [-0.1, -0.05) is 5.21 Å². The number of pyridine rings is 1. The highest BCUT2D eigenvalue weighted by atomic mass is 19.1. The first-order valence-electron chi connectivity index (χ1n) is 8.11. The van der Waals surface area contributed by atoms with E-state index in [0.29, 0.717) is 18.9 Å². The lowest BCUT2D eigenvalue weighted by atomic mass is 10.1. The van der Waals surface area contributed by atoms with E-state index in [9.17, 15) is 9.18 Å². The van der Waals surface area contributed by atoms with E-state index >= 15 is 0 Å². The van der Waals surface area contributed by atoms with Crippen molar-refractivity contribution in [3.8, 4) is 5.75 Å². The van der Waals surface area contributed by atoms with E-state index in [1.165, 1.54) is 16.8 Å². The Balaban J connectivity index is 1.50. The third kappa shape index (κ3) is 4.62. The first-order chi connectivity index (χ1) is 12.6. The zero-order valence-corrected chi connectivity index (χ0v) is 14.2. The van der Waals surface area contributed by atoms with Crippen molar-refractivity contribution >= 4 is 5.91 Å². The molecule has 26 heavy (non-hydrogen) atoms. The molecule has 0 saturated carbocycles. The second-order valence-corrected chi connectivity index (χ2v) is 5.64. The summed E-state index contributed by atoms with van der Waals surface area (Å²) in [6.07, 6.45) is 4.91. The van der Waals surface area contributed by atoms with Crippen LogP contribution >= 0.6 is 0 Å². The van der Waals surface area contributed by atoms with E-state index in [0.717, 1.165) is 5.56 Å². The lowest BCUT2D eigenvalue weighted by molar-refractivity contribution is 0.0934. The summed E-state index contributed by atoms with van der Waals surface area (Å²) in [5, 5.41) is 10.7. The molecule has 0 spiro atoms. The van der Waals surface area contributed by atoms with Crippen LogP contribution in [0.4, 0.5) is 4.39 Å². The SMILES string of the molecule is CC(NC(=O)c1cn(CCOc2ccc(F)cc2)nn1)c1ccncc1. The standard InChI is InChI=1S/C18H18FN5O2/c1-13(14-6-8-20-9-7-14)21-18(25)17-12-24(23-22-17)10-11-26-16-4-2-15(19)3-5-16/h2-9,12-13H,10-11H2,1H3,(H,21,25). The van der Waals surface area contributed by atoms with Crippen LogP contribution in [0.1, 0.15) is 29.0 Å². The van der Waals surface area contributed by atoms with Crippen molar-refractivity contribution in [1.29, 1.82) is 0 Å². The summed E-state index contributed by atoms with van der Waals surface area (Å²) in [7, 11) is 0. The summed E-state index contributed by atoms with van der Waals surface area (Å²) in [4.78, 5) is 16.2. The minimum atomic E-state index is -0.315. The van der Waals surface area contributed by atoms with E-state index in [1.54, 1.807) is 30.7 Å². The van der Waals surface area contributed by atoms with Gasteiger partial charge in [0, 0.05) is 12.4 Å². The molecule has 3 rings (SSSR count). The molecule has 134 valence electrons. The molecule has 0 aliphatic rings. The number of carbonyl (C=O) groups excluding carboxylic acids is 1. The van der Waals surface area contributed by atoms with Gasteiger partial charge < -0.3 is 10.1 Å². The van der Waals surface area contributed by atoms with Crippen molar-refractivity contribution in [2.45, 2.75) is 19.5 Å². The third-order valence-electron chi connectivity index (χ3n) is 3.73. The maximum atomic E-state index is 12.8. The number of ether oxygens (including phenoxy) is 1. The highest BCUT2D eigenvalue weighted by Gasteiger charge is 2.14. The van der Waals surface area contributed by atoms with Crippen LogP contribution in [-0.4, -0.2) is 32.5 Å². The van der Waals surface area contributed by atoms with Gasteiger partial charge in [0.05, 0.1) is 18.8 Å². The minimum absolute atomic E-state index is 0.169. The van der Waals surface area contributed by atoms with Crippen molar-refractivity contribution < 1.29 is 13.9 Å². The molecule has 7 nitrogen and oxygen atoms in total. The Hall–Kier alpha value is -3.29. The molecule has 0 saturated heterocycles. The predicted octanol–water partition coefficient (Wildman–Crippen LogP) is 2.38. The fourth-order valence-corrected chi connectivity index (χ4v) is 2.31. The molecule has 0 aliphatic heterocycles. The molecule has 0 radical (unpaired) electrons. The Morgan fingerprint density at radius 2 is 1.96 bits per heavy atom. The van der Waals surface area contributed by atoms with Crippen LogP contribution in [-0.2, 0) is 6.54 Å². The number of nitrogens with one attached hydrogen (secondary N) is 1. The number of amides is 1. The molecule has 2 heterocycles. The lowest BCUT2D eigenvalue weighted by Gasteiger charge is -2.12. The Labute approximate surface area is 149 Å². The molecule has 8 heteroatoms. The normalized spacial score (nSPS) is 11.8. The molecule has 2 aromatic heterocycles. The van der Waals surface area contributed by atoms with Gasteiger partial charge in [-0.25, -0.2) is 9.07 Å². The maximum absolute atomic E-state index is 12.8. The molecule has 1 aromatic carbocycles. The maximum Gasteiger partial charge on any atom is 0.273 e. The number of benzene rings is 1. The van der Waals surface area contributed by atoms with Gasteiger partial charge in [-0.2, -0.15) is 0 Å². The fourth-order valence-electron chi connectivity index (χ4n) is 2.31. The van der Waals surface area contributed by atoms with Gasteiger partial charge in [0.1, 0.15) is 18.2 Å². The molecular formula is C18H18FN5O2. The number of halogens is 1. The molecule has 0 bridgehead atoms. The van der Waals surface area contributed by atoms with Gasteiger partial charge in [0.15, 0.2) is 5.69 Å². The van der Waals surface area contributed by atoms with E-state index in [1.807, 2.05) is 19.1 Å².